The number of nitrogens with one attached hydrogen (secondary N) is 3. The minimum Gasteiger partial charge on any atom is -0.379 e. The first-order chi connectivity index (χ1) is 9.17. The fraction of sp³-hybridized carbons (Fsp3) is 0.583. The van der Waals surface area contributed by atoms with E-state index in [1.165, 1.54) is 0 Å². The Kier molecular flexibility index (Phi) is 4.38. The van der Waals surface area contributed by atoms with Crippen molar-refractivity contribution in [2.45, 2.75) is 31.8 Å². The lowest BCUT2D eigenvalue weighted by Crippen LogP contribution is -2.26. The van der Waals surface area contributed by atoms with Gasteiger partial charge in [0.1, 0.15) is 6.54 Å². The van der Waals surface area contributed by atoms with Crippen molar-refractivity contribution >= 4 is 17.5 Å². The number of nitrogens with zero attached hydrogens (tertiary/aromatic N) is 2. The molecule has 0 aliphatic carbocycles. The zero-order chi connectivity index (χ0) is 13.7. The molecule has 3 N–H and O–H groups in total. The first-order valence-electron chi connectivity index (χ1n) is 6.43. The summed E-state index contributed by atoms with van der Waals surface area (Å²) in [4.78, 5) is 22.7. The maximum atomic E-state index is 11.4. The highest BCUT2D eigenvalue weighted by atomic mass is 16.2. The van der Waals surface area contributed by atoms with Gasteiger partial charge >= 0.3 is 0 Å². The van der Waals surface area contributed by atoms with Crippen LogP contribution < -0.4 is 16.0 Å². The maximum Gasteiger partial charge on any atom is 0.241 e. The zero-order valence-corrected chi connectivity index (χ0v) is 11.0. The average molecular weight is 265 g/mol. The third kappa shape index (κ3) is 3.97. The van der Waals surface area contributed by atoms with Crippen molar-refractivity contribution in [3.05, 3.63) is 12.4 Å². The van der Waals surface area contributed by atoms with Gasteiger partial charge in [0.25, 0.3) is 0 Å². The summed E-state index contributed by atoms with van der Waals surface area (Å²) in [6.45, 7) is 0.941. The van der Waals surface area contributed by atoms with E-state index in [4.69, 9.17) is 0 Å². The molecule has 1 fully saturated rings. The molecule has 0 radical (unpaired) electrons. The molecular weight excluding hydrogens is 246 g/mol. The van der Waals surface area contributed by atoms with Crippen LogP contribution in [0.5, 0.6) is 0 Å². The Bertz CT molecular complexity index is 457. The van der Waals surface area contributed by atoms with Crippen LogP contribution in [0.3, 0.4) is 0 Å². The van der Waals surface area contributed by atoms with Gasteiger partial charge in [0, 0.05) is 32.3 Å². The van der Waals surface area contributed by atoms with Crippen LogP contribution in [0, 0.1) is 0 Å². The Balaban J connectivity index is 1.91. The SMILES string of the molecule is CNC(=O)Cn1cc(NC2CCCNC(=O)C2)cn1. The highest BCUT2D eigenvalue weighted by Gasteiger charge is 2.17. The Morgan fingerprint density at radius 1 is 1.63 bits per heavy atom. The average Bonchev–Trinajstić information content (AvgIpc) is 2.70. The lowest BCUT2D eigenvalue weighted by atomic mass is 10.1. The number of likely N-dealkylation sites (N-methyl/N-ethyl adjacent to an activating group) is 1. The summed E-state index contributed by atoms with van der Waals surface area (Å²) in [5.41, 5.74) is 0.837. The van der Waals surface area contributed by atoms with Crippen LogP contribution >= 0.6 is 0 Å². The van der Waals surface area contributed by atoms with E-state index in [2.05, 4.69) is 21.0 Å². The minimum atomic E-state index is -0.0940. The van der Waals surface area contributed by atoms with Crippen LogP contribution in [0.1, 0.15) is 19.3 Å². The molecule has 1 unspecified atom stereocenters. The summed E-state index contributed by atoms with van der Waals surface area (Å²) in [6, 6.07) is 0.125. The molecule has 1 atom stereocenters. The van der Waals surface area contributed by atoms with Crippen LogP contribution in [0.4, 0.5) is 5.69 Å². The number of hydrogen-bond donors (Lipinski definition) is 3. The summed E-state index contributed by atoms with van der Waals surface area (Å²) < 4.78 is 1.57. The number of hydrogen-bond acceptors (Lipinski definition) is 4. The molecule has 7 nitrogen and oxygen atoms in total. The minimum absolute atomic E-state index is 0.0766. The molecule has 104 valence electrons. The summed E-state index contributed by atoms with van der Waals surface area (Å²) in [5, 5.41) is 12.8. The summed E-state index contributed by atoms with van der Waals surface area (Å²) in [7, 11) is 1.59. The van der Waals surface area contributed by atoms with E-state index in [0.717, 1.165) is 25.1 Å². The number of anilines is 1. The second kappa shape index (κ2) is 6.21. The number of rotatable bonds is 4. The predicted octanol–water partition coefficient (Wildman–Crippen LogP) is -0.290. The molecule has 1 aromatic rings. The van der Waals surface area contributed by atoms with E-state index in [-0.39, 0.29) is 24.4 Å². The van der Waals surface area contributed by atoms with E-state index in [1.807, 2.05) is 0 Å². The predicted molar refractivity (Wildman–Crippen MR) is 70.6 cm³/mol. The van der Waals surface area contributed by atoms with Gasteiger partial charge in [-0.1, -0.05) is 0 Å². The molecule has 2 amide bonds. The summed E-state index contributed by atoms with van der Waals surface area (Å²) in [5.74, 6) is -0.0174. The third-order valence-corrected chi connectivity index (χ3v) is 3.07. The lowest BCUT2D eigenvalue weighted by Gasteiger charge is -2.14. The zero-order valence-electron chi connectivity index (χ0n) is 11.0. The first kappa shape index (κ1) is 13.4. The van der Waals surface area contributed by atoms with Gasteiger partial charge in [-0.2, -0.15) is 5.10 Å². The fourth-order valence-electron chi connectivity index (χ4n) is 2.08. The fourth-order valence-corrected chi connectivity index (χ4v) is 2.08. The van der Waals surface area contributed by atoms with Gasteiger partial charge in [0.15, 0.2) is 0 Å². The molecule has 1 aliphatic heterocycles. The molecule has 1 aliphatic rings. The number of aromatic nitrogens is 2. The van der Waals surface area contributed by atoms with Crippen molar-refractivity contribution in [1.82, 2.24) is 20.4 Å². The van der Waals surface area contributed by atoms with Crippen molar-refractivity contribution in [2.75, 3.05) is 18.9 Å². The van der Waals surface area contributed by atoms with E-state index >= 15 is 0 Å². The molecule has 0 saturated carbocycles. The molecule has 0 aromatic carbocycles. The Labute approximate surface area is 111 Å². The Morgan fingerprint density at radius 3 is 3.26 bits per heavy atom. The molecule has 0 bridgehead atoms. The van der Waals surface area contributed by atoms with E-state index in [0.29, 0.717) is 6.42 Å². The van der Waals surface area contributed by atoms with Crippen molar-refractivity contribution in [1.29, 1.82) is 0 Å². The van der Waals surface area contributed by atoms with Crippen molar-refractivity contribution in [3.63, 3.8) is 0 Å². The van der Waals surface area contributed by atoms with Crippen LogP contribution in [0.2, 0.25) is 0 Å². The van der Waals surface area contributed by atoms with Gasteiger partial charge in [0.05, 0.1) is 11.9 Å². The molecule has 1 saturated heterocycles. The van der Waals surface area contributed by atoms with Gasteiger partial charge in [0.2, 0.25) is 11.8 Å². The van der Waals surface area contributed by atoms with E-state index in [9.17, 15) is 9.59 Å². The summed E-state index contributed by atoms with van der Waals surface area (Å²) >= 11 is 0. The molecule has 19 heavy (non-hydrogen) atoms. The monoisotopic (exact) mass is 265 g/mol. The van der Waals surface area contributed by atoms with Crippen molar-refractivity contribution < 1.29 is 9.59 Å². The topological polar surface area (TPSA) is 88.0 Å². The van der Waals surface area contributed by atoms with Gasteiger partial charge in [-0.15, -0.1) is 0 Å². The largest absolute Gasteiger partial charge is 0.379 e. The van der Waals surface area contributed by atoms with Gasteiger partial charge in [-0.05, 0) is 12.8 Å². The molecule has 1 aromatic heterocycles. The molecular formula is C12H19N5O2. The van der Waals surface area contributed by atoms with Crippen LogP contribution in [-0.4, -0.2) is 41.2 Å². The highest BCUT2D eigenvalue weighted by Crippen LogP contribution is 2.14. The van der Waals surface area contributed by atoms with Gasteiger partial charge in [-0.3, -0.25) is 14.3 Å². The maximum absolute atomic E-state index is 11.4. The smallest absolute Gasteiger partial charge is 0.241 e. The first-order valence-corrected chi connectivity index (χ1v) is 6.43. The second-order valence-corrected chi connectivity index (χ2v) is 4.64. The number of amides is 2. The Morgan fingerprint density at radius 2 is 2.47 bits per heavy atom. The lowest BCUT2D eigenvalue weighted by molar-refractivity contribution is -0.122. The van der Waals surface area contributed by atoms with Gasteiger partial charge < -0.3 is 16.0 Å². The number of carbonyl (C=O) groups is 2. The molecule has 0 spiro atoms. The van der Waals surface area contributed by atoms with Gasteiger partial charge in [-0.25, -0.2) is 0 Å². The third-order valence-electron chi connectivity index (χ3n) is 3.07. The van der Waals surface area contributed by atoms with Crippen LogP contribution in [0.25, 0.3) is 0 Å². The second-order valence-electron chi connectivity index (χ2n) is 4.64. The normalized spacial score (nSPS) is 19.4. The molecule has 7 heteroatoms. The van der Waals surface area contributed by atoms with Crippen LogP contribution in [-0.2, 0) is 16.1 Å². The highest BCUT2D eigenvalue weighted by molar-refractivity contribution is 5.77. The molecule has 2 heterocycles. The van der Waals surface area contributed by atoms with E-state index in [1.54, 1.807) is 24.1 Å². The van der Waals surface area contributed by atoms with Crippen molar-refractivity contribution in [2.24, 2.45) is 0 Å². The van der Waals surface area contributed by atoms with Crippen molar-refractivity contribution in [3.8, 4) is 0 Å². The summed E-state index contributed by atoms with van der Waals surface area (Å²) in [6.07, 6.45) is 5.83. The quantitative estimate of drug-likeness (QED) is 0.698. The number of carbonyl (C=O) groups excluding carboxylic acids is 2. The van der Waals surface area contributed by atoms with Crippen LogP contribution in [0.15, 0.2) is 12.4 Å². The molecule has 2 rings (SSSR count). The Hall–Kier alpha value is -2.05. The van der Waals surface area contributed by atoms with E-state index < -0.39 is 0 Å². The standard InChI is InChI=1S/C12H19N5O2/c1-13-12(19)8-17-7-10(6-15-17)16-9-3-2-4-14-11(18)5-9/h6-7,9,16H,2-5,8H2,1H3,(H,13,19)(H,14,18).